The number of hydrogen-bond donors (Lipinski definition) is 2. The quantitative estimate of drug-likeness (QED) is 0.332. The first-order valence-electron chi connectivity index (χ1n) is 8.46. The summed E-state index contributed by atoms with van der Waals surface area (Å²) in [5, 5.41) is 30.6. The number of hydrogen-bond acceptors (Lipinski definition) is 5. The largest absolute Gasteiger partial charge is 0.505 e. The third-order valence-corrected chi connectivity index (χ3v) is 3.90. The van der Waals surface area contributed by atoms with Crippen LogP contribution in [-0.4, -0.2) is 22.8 Å². The minimum atomic E-state index is -1.64. The molecule has 0 aliphatic rings. The van der Waals surface area contributed by atoms with Crippen LogP contribution < -0.4 is 0 Å². The number of ether oxygens (including phenoxy) is 1. The number of diazo groups is 1. The Kier molecular flexibility index (Phi) is 6.86. The Balaban J connectivity index is 2.43. The van der Waals surface area contributed by atoms with Gasteiger partial charge in [0.2, 0.25) is 11.2 Å². The summed E-state index contributed by atoms with van der Waals surface area (Å²) in [6, 6.07) is 18.0. The standard InChI is InChI=1S/C21H20N2O4/c1-2-27-20(25)19(23-22)18(24)15-21(26,17-11-7-4-8-12-17)14-13-16-9-5-3-6-10-16/h3-14,26H,2,15H2,1H3/p+1/b14-13+. The van der Waals surface area contributed by atoms with Crippen molar-refractivity contribution < 1.29 is 19.7 Å². The highest BCUT2D eigenvalue weighted by Crippen LogP contribution is 2.31. The van der Waals surface area contributed by atoms with Crippen molar-refractivity contribution in [3.63, 3.8) is 0 Å². The summed E-state index contributed by atoms with van der Waals surface area (Å²) in [6.07, 6.45) is 2.85. The van der Waals surface area contributed by atoms with Gasteiger partial charge in [0.15, 0.2) is 4.98 Å². The molecule has 0 amide bonds. The number of carbonyl (C=O) groups excluding carboxylic acids is 1. The van der Waals surface area contributed by atoms with Gasteiger partial charge in [0.1, 0.15) is 5.60 Å². The molecule has 27 heavy (non-hydrogen) atoms. The van der Waals surface area contributed by atoms with Crippen LogP contribution in [0.1, 0.15) is 24.5 Å². The van der Waals surface area contributed by atoms with E-state index in [1.165, 1.54) is 6.08 Å². The second kappa shape index (κ2) is 9.32. The van der Waals surface area contributed by atoms with Crippen molar-refractivity contribution in [2.45, 2.75) is 18.9 Å². The van der Waals surface area contributed by atoms with Crippen LogP contribution in [0.3, 0.4) is 0 Å². The van der Waals surface area contributed by atoms with E-state index < -0.39 is 23.0 Å². The first-order valence-corrected chi connectivity index (χ1v) is 8.46. The van der Waals surface area contributed by atoms with Crippen LogP contribution in [0.2, 0.25) is 0 Å². The number of benzene rings is 2. The minimum Gasteiger partial charge on any atom is -0.505 e. The van der Waals surface area contributed by atoms with Crippen LogP contribution in [0.25, 0.3) is 11.1 Å². The highest BCUT2D eigenvalue weighted by atomic mass is 16.5. The smallest absolute Gasteiger partial charge is 0.505 e. The Morgan fingerprint density at radius 2 is 1.74 bits per heavy atom. The van der Waals surface area contributed by atoms with Crippen LogP contribution in [0, 0.1) is 5.39 Å². The lowest BCUT2D eigenvalue weighted by Crippen LogP contribution is -2.24. The van der Waals surface area contributed by atoms with E-state index in [1.54, 1.807) is 43.3 Å². The van der Waals surface area contributed by atoms with Crippen molar-refractivity contribution in [2.24, 2.45) is 0 Å². The summed E-state index contributed by atoms with van der Waals surface area (Å²) in [5.74, 6) is -1.56. The average molecular weight is 365 g/mol. The van der Waals surface area contributed by atoms with Gasteiger partial charge in [-0.3, -0.25) is 0 Å². The molecule has 6 nitrogen and oxygen atoms in total. The molecular formula is C21H21N2O4+. The summed E-state index contributed by atoms with van der Waals surface area (Å²) < 4.78 is 4.76. The van der Waals surface area contributed by atoms with E-state index in [-0.39, 0.29) is 13.0 Å². The molecule has 0 aliphatic carbocycles. The molecule has 6 heteroatoms. The Labute approximate surface area is 157 Å². The van der Waals surface area contributed by atoms with Gasteiger partial charge in [-0.1, -0.05) is 66.7 Å². The van der Waals surface area contributed by atoms with Gasteiger partial charge in [-0.25, -0.2) is 4.79 Å². The molecule has 0 aliphatic heterocycles. The first-order chi connectivity index (χ1) is 13.0. The maximum Gasteiger partial charge on any atom is 0.505 e. The van der Waals surface area contributed by atoms with Crippen molar-refractivity contribution in [2.75, 3.05) is 6.61 Å². The predicted molar refractivity (Wildman–Crippen MR) is 102 cm³/mol. The fourth-order valence-electron chi connectivity index (χ4n) is 2.54. The molecule has 2 aromatic carbocycles. The Morgan fingerprint density at radius 1 is 1.15 bits per heavy atom. The van der Waals surface area contributed by atoms with Crippen LogP contribution in [-0.2, 0) is 15.1 Å². The fourth-order valence-corrected chi connectivity index (χ4v) is 2.54. The van der Waals surface area contributed by atoms with E-state index in [2.05, 4.69) is 4.98 Å². The molecule has 1 atom stereocenters. The second-order valence-electron chi connectivity index (χ2n) is 5.83. The van der Waals surface area contributed by atoms with Crippen molar-refractivity contribution in [1.29, 1.82) is 5.39 Å². The van der Waals surface area contributed by atoms with Crippen LogP contribution in [0.4, 0.5) is 0 Å². The zero-order valence-electron chi connectivity index (χ0n) is 14.9. The second-order valence-corrected chi connectivity index (χ2v) is 5.83. The molecule has 0 bridgehead atoms. The van der Waals surface area contributed by atoms with Gasteiger partial charge >= 0.3 is 11.7 Å². The highest BCUT2D eigenvalue weighted by molar-refractivity contribution is 5.90. The van der Waals surface area contributed by atoms with E-state index >= 15 is 0 Å². The van der Waals surface area contributed by atoms with E-state index in [0.29, 0.717) is 5.56 Å². The molecule has 2 N–H and O–H groups in total. The third kappa shape index (κ3) is 5.27. The number of carbonyl (C=O) groups is 1. The number of aliphatic hydroxyl groups excluding tert-OH is 1. The molecule has 0 fully saturated rings. The van der Waals surface area contributed by atoms with Gasteiger partial charge in [0.25, 0.3) is 0 Å². The number of rotatable bonds is 7. The van der Waals surface area contributed by atoms with Gasteiger partial charge in [-0.15, -0.1) is 0 Å². The van der Waals surface area contributed by atoms with Crippen molar-refractivity contribution >= 4 is 12.0 Å². The summed E-state index contributed by atoms with van der Waals surface area (Å²) in [5.41, 5.74) is -0.916. The molecular weight excluding hydrogens is 344 g/mol. The van der Waals surface area contributed by atoms with E-state index in [9.17, 15) is 15.0 Å². The molecule has 1 unspecified atom stereocenters. The maximum absolute atomic E-state index is 11.8. The molecule has 2 aromatic rings. The van der Waals surface area contributed by atoms with Crippen molar-refractivity contribution in [3.05, 3.63) is 94.3 Å². The molecule has 0 radical (unpaired) electrons. The molecule has 0 saturated heterocycles. The highest BCUT2D eigenvalue weighted by Gasteiger charge is 2.36. The van der Waals surface area contributed by atoms with Gasteiger partial charge in [0, 0.05) is 0 Å². The molecule has 0 heterocycles. The van der Waals surface area contributed by atoms with Crippen LogP contribution >= 0.6 is 0 Å². The van der Waals surface area contributed by atoms with Gasteiger partial charge in [-0.2, -0.15) is 0 Å². The van der Waals surface area contributed by atoms with Crippen LogP contribution in [0.5, 0.6) is 0 Å². The van der Waals surface area contributed by atoms with Gasteiger partial charge in [-0.05, 0) is 24.1 Å². The van der Waals surface area contributed by atoms with E-state index in [0.717, 1.165) is 5.56 Å². The molecule has 2 rings (SSSR count). The lowest BCUT2D eigenvalue weighted by molar-refractivity contribution is -0.138. The molecule has 138 valence electrons. The van der Waals surface area contributed by atoms with E-state index in [4.69, 9.17) is 10.1 Å². The number of aliphatic hydroxyl groups is 2. The summed E-state index contributed by atoms with van der Waals surface area (Å²) in [7, 11) is 0. The van der Waals surface area contributed by atoms with Crippen LogP contribution in [0.15, 0.2) is 78.2 Å². The van der Waals surface area contributed by atoms with E-state index in [1.807, 2.05) is 30.3 Å². The zero-order chi connectivity index (χ0) is 19.7. The topological polar surface area (TPSA) is 94.9 Å². The molecule has 0 aromatic heterocycles. The minimum absolute atomic E-state index is 0.0575. The van der Waals surface area contributed by atoms with Crippen molar-refractivity contribution in [3.8, 4) is 0 Å². The monoisotopic (exact) mass is 365 g/mol. The summed E-state index contributed by atoms with van der Waals surface area (Å²) in [4.78, 5) is 14.6. The summed E-state index contributed by atoms with van der Waals surface area (Å²) in [6.45, 7) is 1.65. The fraction of sp³-hybridized carbons (Fsp3) is 0.190. The van der Waals surface area contributed by atoms with Gasteiger partial charge < -0.3 is 14.9 Å². The number of esters is 1. The Morgan fingerprint density at radius 3 is 2.30 bits per heavy atom. The first kappa shape index (κ1) is 19.9. The lowest BCUT2D eigenvalue weighted by atomic mass is 9.88. The van der Waals surface area contributed by atoms with Gasteiger partial charge in [0.05, 0.1) is 13.0 Å². The average Bonchev–Trinajstić information content (AvgIpc) is 2.69. The maximum atomic E-state index is 11.8. The molecule has 0 saturated carbocycles. The Bertz CT molecular complexity index is 870. The lowest BCUT2D eigenvalue weighted by Gasteiger charge is -2.24. The normalized spacial score (nSPS) is 14.1. The van der Waals surface area contributed by atoms with Crippen molar-refractivity contribution in [1.82, 2.24) is 0 Å². The Hall–Kier alpha value is -3.43. The third-order valence-electron chi connectivity index (χ3n) is 3.90. The predicted octanol–water partition coefficient (Wildman–Crippen LogP) is 4.16. The number of nitrogens with zero attached hydrogens (tertiary/aromatic N) is 2. The zero-order valence-corrected chi connectivity index (χ0v) is 14.9. The SMILES string of the molecule is CCOC(=O)/C([N+]#N)=C(/O)CC(O)(/C=C/c1ccccc1)c1ccccc1. The summed E-state index contributed by atoms with van der Waals surface area (Å²) >= 11 is 0. The molecule has 0 spiro atoms.